The monoisotopic (exact) mass is 786 g/mol. The van der Waals surface area contributed by atoms with Gasteiger partial charge in [0, 0.05) is 18.3 Å². The molecule has 0 unspecified atom stereocenters. The lowest BCUT2D eigenvalue weighted by molar-refractivity contribution is -0.339. The number of hydrogen-bond donors (Lipinski definition) is 7. The molecule has 5 fully saturated rings. The Balaban J connectivity index is 1.61. The van der Waals surface area contributed by atoms with Gasteiger partial charge in [0.1, 0.15) is 12.2 Å². The summed E-state index contributed by atoms with van der Waals surface area (Å²) in [5, 5.41) is 53.2. The Hall–Kier alpha value is -2.31. The van der Waals surface area contributed by atoms with Crippen LogP contribution < -0.4 is 0 Å². The number of rotatable bonds is 12. The van der Waals surface area contributed by atoms with Crippen LogP contribution in [0.25, 0.3) is 0 Å². The molecule has 21 heteroatoms. The van der Waals surface area contributed by atoms with E-state index in [0.717, 1.165) is 0 Å². The topological polar surface area (TPSA) is 307 Å². The van der Waals surface area contributed by atoms with Crippen LogP contribution in [0.1, 0.15) is 72.1 Å². The lowest BCUT2D eigenvalue weighted by atomic mass is 9.40. The van der Waals surface area contributed by atoms with Crippen molar-refractivity contribution in [1.29, 1.82) is 0 Å². The van der Waals surface area contributed by atoms with Crippen molar-refractivity contribution in [3.63, 3.8) is 0 Å². The zero-order chi connectivity index (χ0) is 38.9. The first-order valence-electron chi connectivity index (χ1n) is 16.9. The molecule has 1 heterocycles. The fourth-order valence-electron chi connectivity index (χ4n) is 10.3. The van der Waals surface area contributed by atoms with Gasteiger partial charge in [0.15, 0.2) is 30.2 Å². The minimum atomic E-state index is -5.61. The van der Waals surface area contributed by atoms with E-state index < -0.39 is 122 Å². The summed E-state index contributed by atoms with van der Waals surface area (Å²) in [4.78, 5) is 39.3. The second-order valence-electron chi connectivity index (χ2n) is 15.5. The van der Waals surface area contributed by atoms with Gasteiger partial charge in [-0.3, -0.25) is 23.5 Å². The van der Waals surface area contributed by atoms with Crippen LogP contribution in [0.5, 0.6) is 0 Å². The maximum Gasteiger partial charge on any atom is 0.397 e. The average molecular weight is 787 g/mol. The third-order valence-corrected chi connectivity index (χ3v) is 13.0. The van der Waals surface area contributed by atoms with Gasteiger partial charge < -0.3 is 39.7 Å². The summed E-state index contributed by atoms with van der Waals surface area (Å²) in [5.41, 5.74) is -3.69. The van der Waals surface area contributed by atoms with Crippen molar-refractivity contribution in [3.8, 4) is 0 Å². The summed E-state index contributed by atoms with van der Waals surface area (Å²) in [6, 6.07) is 0. The van der Waals surface area contributed by atoms with E-state index in [4.69, 9.17) is 14.2 Å². The number of carboxylic acids is 2. The highest BCUT2D eigenvalue weighted by atomic mass is 32.3. The maximum absolute atomic E-state index is 13.1. The molecule has 0 aromatic carbocycles. The van der Waals surface area contributed by atoms with E-state index in [9.17, 15) is 65.9 Å². The summed E-state index contributed by atoms with van der Waals surface area (Å²) in [5.74, 6) is -6.15. The smallest absolute Gasteiger partial charge is 0.397 e. The summed E-state index contributed by atoms with van der Waals surface area (Å²) < 4.78 is 93.1. The van der Waals surface area contributed by atoms with E-state index in [-0.39, 0.29) is 31.1 Å². The van der Waals surface area contributed by atoms with Crippen molar-refractivity contribution in [2.45, 2.75) is 121 Å². The van der Waals surface area contributed by atoms with Crippen molar-refractivity contribution in [3.05, 3.63) is 12.2 Å². The van der Waals surface area contributed by atoms with Gasteiger partial charge in [0.25, 0.3) is 0 Å². The molecule has 296 valence electrons. The second-order valence-corrected chi connectivity index (χ2v) is 17.6. The van der Waals surface area contributed by atoms with E-state index in [1.54, 1.807) is 20.8 Å². The number of hydrogen-bond acceptors (Lipinski definition) is 15. The Morgan fingerprint density at radius 2 is 1.50 bits per heavy atom. The van der Waals surface area contributed by atoms with Crippen LogP contribution in [0.3, 0.4) is 0 Å². The van der Waals surface area contributed by atoms with E-state index >= 15 is 0 Å². The SMILES string of the molecule is C=C1[C@@H]2CC[C@H]3[C@]4(C)C[C@H](O[C@H]5O[C@H](C(O)O)[C@@H](OS(=O)(=O)O)[C@H](OS(=O)(=O)O)[C@H]5OC(=O)CC(C)C)CC(C(=O)O)(C(=O)O)[C@H]4CC[C@]3(C2)[C@H]1O. The molecule has 12 atom stereocenters. The summed E-state index contributed by atoms with van der Waals surface area (Å²) >= 11 is 0. The molecule has 0 aromatic rings. The molecule has 1 aliphatic heterocycles. The van der Waals surface area contributed by atoms with Crippen LogP contribution in [0.2, 0.25) is 0 Å². The van der Waals surface area contributed by atoms with Crippen LogP contribution in [-0.2, 0) is 57.8 Å². The number of aliphatic hydroxyl groups is 3. The Morgan fingerprint density at radius 1 is 0.904 bits per heavy atom. The number of fused-ring (bicyclic) bond motifs is 3. The zero-order valence-corrected chi connectivity index (χ0v) is 30.3. The van der Waals surface area contributed by atoms with Gasteiger partial charge >= 0.3 is 38.7 Å². The third-order valence-electron chi connectivity index (χ3n) is 12.1. The lowest BCUT2D eigenvalue weighted by Crippen LogP contribution is -2.67. The highest BCUT2D eigenvalue weighted by Crippen LogP contribution is 2.72. The van der Waals surface area contributed by atoms with Crippen LogP contribution in [0.4, 0.5) is 0 Å². The number of esters is 1. The Kier molecular flexibility index (Phi) is 11.1. The summed E-state index contributed by atoms with van der Waals surface area (Å²) in [7, 11) is -11.2. The maximum atomic E-state index is 13.1. The quantitative estimate of drug-likeness (QED) is 0.0352. The van der Waals surface area contributed by atoms with Gasteiger partial charge in [-0.05, 0) is 73.2 Å². The molecule has 1 spiro atoms. The number of carbonyl (C=O) groups is 3. The fourth-order valence-corrected chi connectivity index (χ4v) is 11.3. The first-order valence-corrected chi connectivity index (χ1v) is 19.6. The minimum absolute atomic E-state index is 0.0298. The highest BCUT2D eigenvalue weighted by Gasteiger charge is 2.72. The van der Waals surface area contributed by atoms with Crippen molar-refractivity contribution < 1.29 is 88.4 Å². The molecular weight excluding hydrogens is 740 g/mol. The van der Waals surface area contributed by atoms with Gasteiger partial charge in [0.2, 0.25) is 0 Å². The zero-order valence-electron chi connectivity index (χ0n) is 28.6. The Bertz CT molecular complexity index is 1650. The normalized spacial score (nSPS) is 40.2. The molecule has 0 amide bonds. The van der Waals surface area contributed by atoms with Crippen molar-refractivity contribution in [2.24, 2.45) is 39.9 Å². The lowest BCUT2D eigenvalue weighted by Gasteiger charge is -2.64. The molecule has 52 heavy (non-hydrogen) atoms. The molecule has 0 aromatic heterocycles. The molecule has 0 radical (unpaired) electrons. The largest absolute Gasteiger partial charge is 0.480 e. The number of aliphatic carboxylic acids is 2. The highest BCUT2D eigenvalue weighted by molar-refractivity contribution is 7.81. The van der Waals surface area contributed by atoms with E-state index in [1.165, 1.54) is 0 Å². The van der Waals surface area contributed by atoms with Crippen LogP contribution in [-0.4, -0.2) is 119 Å². The Morgan fingerprint density at radius 3 is 2.04 bits per heavy atom. The first-order chi connectivity index (χ1) is 23.9. The van der Waals surface area contributed by atoms with Crippen molar-refractivity contribution in [2.75, 3.05) is 0 Å². The van der Waals surface area contributed by atoms with Gasteiger partial charge in [-0.15, -0.1) is 0 Å². The predicted molar refractivity (Wildman–Crippen MR) is 170 cm³/mol. The molecule has 5 aliphatic rings. The van der Waals surface area contributed by atoms with E-state index in [1.807, 2.05) is 0 Å². The first kappa shape index (κ1) is 40.9. The summed E-state index contributed by atoms with van der Waals surface area (Å²) in [6.45, 7) is 9.05. The molecule has 5 rings (SSSR count). The van der Waals surface area contributed by atoms with E-state index in [2.05, 4.69) is 14.9 Å². The molecule has 1 saturated heterocycles. The number of carbonyl (C=O) groups excluding carboxylic acids is 1. The van der Waals surface area contributed by atoms with Gasteiger partial charge in [-0.2, -0.15) is 16.8 Å². The third kappa shape index (κ3) is 7.26. The molecular formula is C31H46O19S2. The predicted octanol–water partition coefficient (Wildman–Crippen LogP) is 0.440. The number of carboxylic acid groups (broad SMARTS) is 2. The van der Waals surface area contributed by atoms with Crippen LogP contribution in [0.15, 0.2) is 12.2 Å². The van der Waals surface area contributed by atoms with Crippen molar-refractivity contribution >= 4 is 38.7 Å². The molecule has 19 nitrogen and oxygen atoms in total. The molecule has 7 N–H and O–H groups in total. The molecule has 4 saturated carbocycles. The van der Waals surface area contributed by atoms with Crippen molar-refractivity contribution in [1.82, 2.24) is 0 Å². The number of ether oxygens (including phenoxy) is 3. The van der Waals surface area contributed by atoms with Crippen LogP contribution >= 0.6 is 0 Å². The molecule has 4 aliphatic carbocycles. The standard InChI is InChI=1S/C31H46O19S2/c1-13(2)9-19(32)47-23-21(50-52(43,44)45)20(49-51(40,41)42)22(25(34)35)48-26(23)46-16-11-29(4)17-6-5-15-10-30(17,24(33)14(15)3)8-7-18(29)31(12-16,27(36)37)28(38)39/h13,15-18,20-26,33-35H,3,5-12H2,1-2,4H3,(H,36,37)(H,38,39)(H,40,41,42)(H,43,44,45)/t15-,16+,17+,18+,20+,21+,22+,23-,24+,26+,29+,30-/m1/s1. The molecule has 2 bridgehead atoms. The van der Waals surface area contributed by atoms with Crippen LogP contribution in [0, 0.1) is 39.9 Å². The minimum Gasteiger partial charge on any atom is -0.480 e. The Labute approximate surface area is 300 Å². The van der Waals surface area contributed by atoms with Gasteiger partial charge in [-0.1, -0.05) is 27.4 Å². The van der Waals surface area contributed by atoms with E-state index in [0.29, 0.717) is 31.3 Å². The second kappa shape index (κ2) is 14.1. The average Bonchev–Trinajstić information content (AvgIpc) is 3.16. The summed E-state index contributed by atoms with van der Waals surface area (Å²) in [6.07, 6.45) is -15.9. The van der Waals surface area contributed by atoms with Gasteiger partial charge in [0.05, 0.1) is 12.2 Å². The number of aliphatic hydroxyl groups excluding tert-OH is 2. The fraction of sp³-hybridized carbons (Fsp3) is 0.839. The van der Waals surface area contributed by atoms with Gasteiger partial charge in [-0.25, -0.2) is 8.37 Å².